The van der Waals surface area contributed by atoms with Gasteiger partial charge >= 0.3 is 0 Å². The monoisotopic (exact) mass is 201 g/mol. The molecule has 0 aliphatic rings. The van der Waals surface area contributed by atoms with E-state index < -0.39 is 0 Å². The molecule has 2 heteroatoms. The topological polar surface area (TPSA) is 18.5 Å². The van der Waals surface area contributed by atoms with Crippen molar-refractivity contribution in [2.75, 3.05) is 14.2 Å². The maximum Gasteiger partial charge on any atom is 0.164 e. The van der Waals surface area contributed by atoms with Gasteiger partial charge in [0.25, 0.3) is 0 Å². The molecule has 0 saturated carbocycles. The average molecular weight is 201 g/mol. The molecule has 2 aromatic carbocycles. The zero-order valence-electron chi connectivity index (χ0n) is 8.91. The molecule has 2 aromatic rings. The maximum absolute atomic E-state index is 5.29. The molecule has 77 valence electrons. The normalized spacial score (nSPS) is 10.3. The van der Waals surface area contributed by atoms with Crippen molar-refractivity contribution in [3.05, 3.63) is 42.8 Å². The molecular weight excluding hydrogens is 188 g/mol. The first-order valence-electron chi connectivity index (χ1n) is 4.73. The third kappa shape index (κ3) is 1.52. The summed E-state index contributed by atoms with van der Waals surface area (Å²) in [7, 11) is 3.26. The Balaban J connectivity index is 2.81. The second-order valence-electron chi connectivity index (χ2n) is 3.31. The van der Waals surface area contributed by atoms with Crippen molar-refractivity contribution >= 4 is 10.8 Å². The Morgan fingerprint density at radius 2 is 1.80 bits per heavy atom. The van der Waals surface area contributed by atoms with Crippen LogP contribution in [0.2, 0.25) is 0 Å². The van der Waals surface area contributed by atoms with E-state index in [9.17, 15) is 0 Å². The first-order valence-corrected chi connectivity index (χ1v) is 4.73. The fourth-order valence-corrected chi connectivity index (χ4v) is 1.75. The van der Waals surface area contributed by atoms with Crippen LogP contribution in [0.15, 0.2) is 30.3 Å². The fraction of sp³-hybridized carbons (Fsp3) is 0.154. The van der Waals surface area contributed by atoms with Crippen LogP contribution in [0.5, 0.6) is 11.5 Å². The number of benzene rings is 2. The average Bonchev–Trinajstić information content (AvgIpc) is 2.29. The van der Waals surface area contributed by atoms with Gasteiger partial charge < -0.3 is 9.47 Å². The summed E-state index contributed by atoms with van der Waals surface area (Å²) in [6, 6.07) is 10.0. The number of ether oxygens (including phenoxy) is 2. The molecule has 0 amide bonds. The van der Waals surface area contributed by atoms with Gasteiger partial charge in [0, 0.05) is 5.56 Å². The van der Waals surface area contributed by atoms with Gasteiger partial charge in [0.1, 0.15) is 0 Å². The number of hydrogen-bond donors (Lipinski definition) is 0. The molecule has 0 heterocycles. The van der Waals surface area contributed by atoms with E-state index in [-0.39, 0.29) is 0 Å². The SMILES string of the molecule is [CH2]c1c(OC)c(OC)cc2ccccc12. The second-order valence-corrected chi connectivity index (χ2v) is 3.31. The molecule has 0 aromatic heterocycles. The van der Waals surface area contributed by atoms with E-state index in [2.05, 4.69) is 6.92 Å². The Morgan fingerprint density at radius 3 is 2.47 bits per heavy atom. The fourth-order valence-electron chi connectivity index (χ4n) is 1.75. The first-order chi connectivity index (χ1) is 7.27. The highest BCUT2D eigenvalue weighted by molar-refractivity contribution is 5.90. The van der Waals surface area contributed by atoms with Gasteiger partial charge in [-0.15, -0.1) is 0 Å². The molecule has 0 spiro atoms. The van der Waals surface area contributed by atoms with Crippen LogP contribution in [0.3, 0.4) is 0 Å². The molecule has 15 heavy (non-hydrogen) atoms. The molecule has 2 nitrogen and oxygen atoms in total. The zero-order valence-corrected chi connectivity index (χ0v) is 8.91. The van der Waals surface area contributed by atoms with E-state index in [4.69, 9.17) is 9.47 Å². The second kappa shape index (κ2) is 3.81. The Morgan fingerprint density at radius 1 is 1.07 bits per heavy atom. The van der Waals surface area contributed by atoms with Crippen LogP contribution in [0.25, 0.3) is 10.8 Å². The number of rotatable bonds is 2. The molecule has 0 aliphatic carbocycles. The summed E-state index contributed by atoms with van der Waals surface area (Å²) in [5, 5.41) is 2.20. The molecule has 0 atom stereocenters. The lowest BCUT2D eigenvalue weighted by atomic mass is 10.0. The minimum absolute atomic E-state index is 0.705. The van der Waals surface area contributed by atoms with Gasteiger partial charge in [-0.2, -0.15) is 0 Å². The van der Waals surface area contributed by atoms with Crippen LogP contribution >= 0.6 is 0 Å². The molecule has 0 saturated heterocycles. The third-order valence-electron chi connectivity index (χ3n) is 2.49. The van der Waals surface area contributed by atoms with E-state index in [1.165, 1.54) is 0 Å². The summed E-state index contributed by atoms with van der Waals surface area (Å²) >= 11 is 0. The van der Waals surface area contributed by atoms with E-state index in [0.717, 1.165) is 22.1 Å². The molecule has 1 radical (unpaired) electrons. The molecular formula is C13H13O2. The molecule has 0 bridgehead atoms. The molecule has 2 rings (SSSR count). The summed E-state index contributed by atoms with van der Waals surface area (Å²) in [5.74, 6) is 1.43. The van der Waals surface area contributed by atoms with Crippen LogP contribution in [0.4, 0.5) is 0 Å². The summed E-state index contributed by atoms with van der Waals surface area (Å²) in [6.45, 7) is 4.02. The zero-order chi connectivity index (χ0) is 10.8. The van der Waals surface area contributed by atoms with Crippen molar-refractivity contribution in [1.82, 2.24) is 0 Å². The van der Waals surface area contributed by atoms with E-state index in [1.807, 2.05) is 30.3 Å². The Bertz CT molecular complexity index is 489. The standard InChI is InChI=1S/C13H13O2/c1-9-11-7-5-4-6-10(11)8-12(14-2)13(9)15-3/h4-8H,1H2,2-3H3. The van der Waals surface area contributed by atoms with Crippen LogP contribution in [-0.2, 0) is 0 Å². The van der Waals surface area contributed by atoms with E-state index in [0.29, 0.717) is 5.75 Å². The van der Waals surface area contributed by atoms with Crippen LogP contribution in [0.1, 0.15) is 5.56 Å². The van der Waals surface area contributed by atoms with Crippen LogP contribution in [0, 0.1) is 6.92 Å². The van der Waals surface area contributed by atoms with Gasteiger partial charge in [0.05, 0.1) is 14.2 Å². The largest absolute Gasteiger partial charge is 0.493 e. The van der Waals surface area contributed by atoms with Crippen molar-refractivity contribution in [3.63, 3.8) is 0 Å². The Labute approximate surface area is 89.4 Å². The molecule has 0 aliphatic heterocycles. The highest BCUT2D eigenvalue weighted by atomic mass is 16.5. The van der Waals surface area contributed by atoms with Gasteiger partial charge in [-0.1, -0.05) is 24.3 Å². The predicted molar refractivity (Wildman–Crippen MR) is 61.5 cm³/mol. The van der Waals surface area contributed by atoms with E-state index >= 15 is 0 Å². The lowest BCUT2D eigenvalue weighted by Crippen LogP contribution is -1.94. The van der Waals surface area contributed by atoms with E-state index in [1.54, 1.807) is 14.2 Å². The predicted octanol–water partition coefficient (Wildman–Crippen LogP) is 3.04. The lowest BCUT2D eigenvalue weighted by Gasteiger charge is -2.12. The maximum atomic E-state index is 5.29. The molecule has 0 unspecified atom stereocenters. The summed E-state index contributed by atoms with van der Waals surface area (Å²) < 4.78 is 10.5. The van der Waals surface area contributed by atoms with Crippen LogP contribution in [-0.4, -0.2) is 14.2 Å². The van der Waals surface area contributed by atoms with Crippen molar-refractivity contribution in [2.24, 2.45) is 0 Å². The van der Waals surface area contributed by atoms with Crippen molar-refractivity contribution < 1.29 is 9.47 Å². The van der Waals surface area contributed by atoms with Gasteiger partial charge in [-0.25, -0.2) is 0 Å². The quantitative estimate of drug-likeness (QED) is 0.743. The number of fused-ring (bicyclic) bond motifs is 1. The van der Waals surface area contributed by atoms with Crippen molar-refractivity contribution in [1.29, 1.82) is 0 Å². The van der Waals surface area contributed by atoms with Gasteiger partial charge in [0.15, 0.2) is 11.5 Å². The smallest absolute Gasteiger partial charge is 0.164 e. The summed E-state index contributed by atoms with van der Waals surface area (Å²) in [5.41, 5.74) is 0.868. The van der Waals surface area contributed by atoms with Crippen molar-refractivity contribution in [2.45, 2.75) is 0 Å². The highest BCUT2D eigenvalue weighted by Crippen LogP contribution is 2.36. The van der Waals surface area contributed by atoms with Gasteiger partial charge in [-0.3, -0.25) is 0 Å². The minimum Gasteiger partial charge on any atom is -0.493 e. The molecule has 0 N–H and O–H groups in total. The van der Waals surface area contributed by atoms with Gasteiger partial charge in [-0.05, 0) is 23.8 Å². The summed E-state index contributed by atoms with van der Waals surface area (Å²) in [6.07, 6.45) is 0. The third-order valence-corrected chi connectivity index (χ3v) is 2.49. The number of methoxy groups -OCH3 is 2. The Kier molecular flexibility index (Phi) is 2.50. The first kappa shape index (κ1) is 9.84. The lowest BCUT2D eigenvalue weighted by molar-refractivity contribution is 0.355. The van der Waals surface area contributed by atoms with Crippen molar-refractivity contribution in [3.8, 4) is 11.5 Å². The summed E-state index contributed by atoms with van der Waals surface area (Å²) in [4.78, 5) is 0. The molecule has 0 fully saturated rings. The minimum atomic E-state index is 0.705. The number of hydrogen-bond acceptors (Lipinski definition) is 2. The van der Waals surface area contributed by atoms with Gasteiger partial charge in [0.2, 0.25) is 0 Å². The van der Waals surface area contributed by atoms with Crippen LogP contribution < -0.4 is 9.47 Å². The highest BCUT2D eigenvalue weighted by Gasteiger charge is 2.10. The Hall–Kier alpha value is -1.70.